The fourth-order valence-corrected chi connectivity index (χ4v) is 2.71. The highest BCUT2D eigenvalue weighted by Gasteiger charge is 2.11. The van der Waals surface area contributed by atoms with Gasteiger partial charge in [-0.1, -0.05) is 6.92 Å². The molecule has 0 aliphatic rings. The number of nitrogens with zero attached hydrogens (tertiary/aromatic N) is 2. The number of aromatic amines is 1. The number of hydrogen-bond donors (Lipinski definition) is 1. The second-order valence-corrected chi connectivity index (χ2v) is 6.18. The van der Waals surface area contributed by atoms with E-state index in [1.165, 1.54) is 0 Å². The molecule has 1 aromatic heterocycles. The van der Waals surface area contributed by atoms with E-state index < -0.39 is 0 Å². The molecule has 2 rings (SSSR count). The van der Waals surface area contributed by atoms with Gasteiger partial charge in [0, 0.05) is 19.8 Å². The largest absolute Gasteiger partial charge is 0.480 e. The summed E-state index contributed by atoms with van der Waals surface area (Å²) in [4.78, 5) is 2.36. The molecular weight excluding hydrogens is 306 g/mol. The lowest BCUT2D eigenvalue weighted by Gasteiger charge is -2.17. The first-order valence-corrected chi connectivity index (χ1v) is 8.14. The highest BCUT2D eigenvalue weighted by molar-refractivity contribution is 7.99. The van der Waals surface area contributed by atoms with Crippen molar-refractivity contribution in [2.75, 3.05) is 19.0 Å². The zero-order valence-electron chi connectivity index (χ0n) is 12.3. The fraction of sp³-hybridized carbons (Fsp3) is 0.429. The lowest BCUT2D eigenvalue weighted by atomic mass is 10.3. The number of anilines is 1. The van der Waals surface area contributed by atoms with Crippen LogP contribution in [-0.2, 0) is 5.75 Å². The molecule has 0 radical (unpaired) electrons. The maximum atomic E-state index is 5.97. The third-order valence-corrected chi connectivity index (χ3v) is 4.22. The lowest BCUT2D eigenvalue weighted by Crippen LogP contribution is -2.12. The Hall–Kier alpha value is -1.47. The molecular formula is C14H19N3O2S2. The van der Waals surface area contributed by atoms with E-state index in [4.69, 9.17) is 21.4 Å². The summed E-state index contributed by atoms with van der Waals surface area (Å²) in [5.41, 5.74) is 1.20. The van der Waals surface area contributed by atoms with E-state index in [0.717, 1.165) is 17.9 Å². The molecule has 21 heavy (non-hydrogen) atoms. The molecule has 1 heterocycles. The molecule has 0 bridgehead atoms. The predicted octanol–water partition coefficient (Wildman–Crippen LogP) is 3.85. The number of nitrogens with one attached hydrogen (secondary N) is 1. The van der Waals surface area contributed by atoms with Crippen LogP contribution in [0, 0.1) is 4.84 Å². The van der Waals surface area contributed by atoms with Crippen LogP contribution >= 0.6 is 24.0 Å². The Morgan fingerprint density at radius 3 is 2.62 bits per heavy atom. The molecule has 1 aromatic carbocycles. The first kappa shape index (κ1) is 15.9. The Labute approximate surface area is 133 Å². The molecule has 1 unspecified atom stereocenters. The molecule has 0 amide bonds. The first-order chi connectivity index (χ1) is 10.1. The van der Waals surface area contributed by atoms with Crippen molar-refractivity contribution >= 4 is 29.7 Å². The molecule has 7 heteroatoms. The van der Waals surface area contributed by atoms with E-state index in [-0.39, 0.29) is 5.44 Å². The molecule has 0 spiro atoms. The molecule has 2 aromatic rings. The van der Waals surface area contributed by atoms with Crippen molar-refractivity contribution in [3.63, 3.8) is 0 Å². The number of thioether (sulfide) groups is 1. The second-order valence-electron chi connectivity index (χ2n) is 4.66. The Balaban J connectivity index is 1.90. The van der Waals surface area contributed by atoms with Gasteiger partial charge in [0.1, 0.15) is 11.2 Å². The summed E-state index contributed by atoms with van der Waals surface area (Å²) in [7, 11) is 4.03. The van der Waals surface area contributed by atoms with Gasteiger partial charge in [-0.3, -0.25) is 0 Å². The summed E-state index contributed by atoms with van der Waals surface area (Å²) in [6.07, 6.45) is 0.894. The van der Waals surface area contributed by atoms with Crippen LogP contribution in [0.15, 0.2) is 28.7 Å². The van der Waals surface area contributed by atoms with Crippen LogP contribution in [0.4, 0.5) is 5.69 Å². The number of rotatable bonds is 7. The molecule has 5 nitrogen and oxygen atoms in total. The van der Waals surface area contributed by atoms with Gasteiger partial charge < -0.3 is 14.1 Å². The van der Waals surface area contributed by atoms with Crippen LogP contribution in [0.2, 0.25) is 0 Å². The van der Waals surface area contributed by atoms with Crippen LogP contribution in [0.1, 0.15) is 19.2 Å². The van der Waals surface area contributed by atoms with Crippen molar-refractivity contribution in [2.45, 2.75) is 24.5 Å². The van der Waals surface area contributed by atoms with Crippen LogP contribution in [0.5, 0.6) is 5.75 Å². The molecule has 0 aliphatic carbocycles. The first-order valence-electron chi connectivity index (χ1n) is 6.68. The van der Waals surface area contributed by atoms with E-state index >= 15 is 0 Å². The van der Waals surface area contributed by atoms with Gasteiger partial charge in [0.05, 0.1) is 5.75 Å². The minimum absolute atomic E-state index is 0.0516. The summed E-state index contributed by atoms with van der Waals surface area (Å²) in [5.74, 6) is 2.08. The van der Waals surface area contributed by atoms with E-state index in [0.29, 0.717) is 16.5 Å². The number of benzene rings is 1. The van der Waals surface area contributed by atoms with Crippen molar-refractivity contribution in [3.05, 3.63) is 35.0 Å². The zero-order valence-corrected chi connectivity index (χ0v) is 14.0. The molecule has 1 atom stereocenters. The Morgan fingerprint density at radius 2 is 2.10 bits per heavy atom. The van der Waals surface area contributed by atoms with E-state index in [9.17, 15) is 0 Å². The van der Waals surface area contributed by atoms with Crippen molar-refractivity contribution in [3.8, 4) is 5.75 Å². The van der Waals surface area contributed by atoms with Gasteiger partial charge in [0.2, 0.25) is 5.89 Å². The third-order valence-electron chi connectivity index (χ3n) is 2.83. The van der Waals surface area contributed by atoms with Crippen LogP contribution in [-0.4, -0.2) is 29.7 Å². The summed E-state index contributed by atoms with van der Waals surface area (Å²) < 4.78 is 11.2. The van der Waals surface area contributed by atoms with Crippen molar-refractivity contribution in [1.82, 2.24) is 10.2 Å². The molecule has 0 saturated carbocycles. The summed E-state index contributed by atoms with van der Waals surface area (Å²) in [5, 5.41) is 6.60. The van der Waals surface area contributed by atoms with Gasteiger partial charge in [-0.25, -0.2) is 5.10 Å². The third kappa shape index (κ3) is 4.78. The summed E-state index contributed by atoms with van der Waals surface area (Å²) >= 11 is 6.49. The van der Waals surface area contributed by atoms with Crippen LogP contribution < -0.4 is 9.64 Å². The number of aromatic nitrogens is 2. The Morgan fingerprint density at radius 1 is 1.38 bits per heavy atom. The fourth-order valence-electron chi connectivity index (χ4n) is 1.70. The maximum Gasteiger partial charge on any atom is 0.284 e. The number of H-pyrrole nitrogens is 1. The average molecular weight is 325 g/mol. The lowest BCUT2D eigenvalue weighted by molar-refractivity contribution is 0.283. The summed E-state index contributed by atoms with van der Waals surface area (Å²) in [6, 6.07) is 8.05. The standard InChI is InChI=1S/C14H19N3O2S2/c1-4-13(21-9-12-15-16-14(20)19-12)18-11-7-5-10(6-8-11)17(2)3/h5-8,13H,4,9H2,1-3H3,(H,16,20). The van der Waals surface area contributed by atoms with Gasteiger partial charge in [-0.15, -0.1) is 16.9 Å². The Kier molecular flexibility index (Phi) is 5.69. The minimum atomic E-state index is 0.0516. The van der Waals surface area contributed by atoms with E-state index in [1.807, 2.05) is 38.4 Å². The Bertz CT molecular complexity index is 607. The minimum Gasteiger partial charge on any atom is -0.480 e. The van der Waals surface area contributed by atoms with Gasteiger partial charge in [0.25, 0.3) is 4.84 Å². The van der Waals surface area contributed by atoms with Crippen molar-refractivity contribution < 1.29 is 9.15 Å². The SMILES string of the molecule is CCC(Oc1ccc(N(C)C)cc1)SCc1n[nH]c(=S)o1. The smallest absolute Gasteiger partial charge is 0.284 e. The highest BCUT2D eigenvalue weighted by Crippen LogP contribution is 2.25. The van der Waals surface area contributed by atoms with Crippen molar-refractivity contribution in [1.29, 1.82) is 0 Å². The van der Waals surface area contributed by atoms with Gasteiger partial charge >= 0.3 is 0 Å². The number of hydrogen-bond acceptors (Lipinski definition) is 6. The van der Waals surface area contributed by atoms with Gasteiger partial charge in [-0.2, -0.15) is 0 Å². The highest BCUT2D eigenvalue weighted by atomic mass is 32.2. The predicted molar refractivity (Wildman–Crippen MR) is 88.5 cm³/mol. The molecule has 0 aliphatic heterocycles. The molecule has 0 fully saturated rings. The quantitative estimate of drug-likeness (QED) is 0.616. The van der Waals surface area contributed by atoms with Crippen molar-refractivity contribution in [2.24, 2.45) is 0 Å². The second kappa shape index (κ2) is 7.51. The molecule has 0 saturated heterocycles. The monoisotopic (exact) mass is 325 g/mol. The number of ether oxygens (including phenoxy) is 1. The van der Waals surface area contributed by atoms with Crippen LogP contribution in [0.25, 0.3) is 0 Å². The van der Waals surface area contributed by atoms with E-state index in [2.05, 4.69) is 22.0 Å². The van der Waals surface area contributed by atoms with E-state index in [1.54, 1.807) is 11.8 Å². The van der Waals surface area contributed by atoms with Crippen LogP contribution in [0.3, 0.4) is 0 Å². The molecule has 1 N–H and O–H groups in total. The zero-order chi connectivity index (χ0) is 15.2. The summed E-state index contributed by atoms with van der Waals surface area (Å²) in [6.45, 7) is 2.09. The topological polar surface area (TPSA) is 54.3 Å². The molecule has 114 valence electrons. The van der Waals surface area contributed by atoms with Gasteiger partial charge in [-0.05, 0) is 42.9 Å². The average Bonchev–Trinajstić information content (AvgIpc) is 2.89. The normalized spacial score (nSPS) is 12.1. The van der Waals surface area contributed by atoms with Gasteiger partial charge in [0.15, 0.2) is 0 Å². The maximum absolute atomic E-state index is 5.97.